The van der Waals surface area contributed by atoms with Gasteiger partial charge in [-0.15, -0.1) is 0 Å². The number of carbonyl (C=O) groups is 1. The number of amides is 1. The molecule has 4 aromatic carbocycles. The second kappa shape index (κ2) is 9.98. The Labute approximate surface area is 219 Å². The molecule has 0 aliphatic heterocycles. The Kier molecular flexibility index (Phi) is 6.56. The molecule has 1 heterocycles. The van der Waals surface area contributed by atoms with Crippen molar-refractivity contribution in [1.29, 1.82) is 0 Å². The lowest BCUT2D eigenvalue weighted by Gasteiger charge is -2.12. The van der Waals surface area contributed by atoms with Crippen molar-refractivity contribution >= 4 is 34.7 Å². The first kappa shape index (κ1) is 25.0. The smallest absolute Gasteiger partial charge is 0.416 e. The fourth-order valence-corrected chi connectivity index (χ4v) is 4.15. The van der Waals surface area contributed by atoms with E-state index in [0.717, 1.165) is 16.7 Å². The predicted molar refractivity (Wildman–Crippen MR) is 141 cm³/mol. The highest BCUT2D eigenvalue weighted by Crippen LogP contribution is 2.30. The average Bonchev–Trinajstić information content (AvgIpc) is 2.90. The first-order valence-corrected chi connectivity index (χ1v) is 11.7. The summed E-state index contributed by atoms with van der Waals surface area (Å²) < 4.78 is 46.1. The Bertz CT molecular complexity index is 1760. The van der Waals surface area contributed by atoms with Crippen molar-refractivity contribution < 1.29 is 22.7 Å². The molecule has 10 heteroatoms. The molecule has 0 unspecified atom stereocenters. The van der Waals surface area contributed by atoms with Crippen LogP contribution in [-0.2, 0) is 6.18 Å². The molecule has 5 aromatic rings. The second-order valence-corrected chi connectivity index (χ2v) is 8.66. The van der Waals surface area contributed by atoms with E-state index in [1.165, 1.54) is 30.3 Å². The summed E-state index contributed by atoms with van der Waals surface area (Å²) in [5, 5.41) is 2.94. The number of hydrogen-bond acceptors (Lipinski definition) is 4. The molecule has 38 heavy (non-hydrogen) atoms. The van der Waals surface area contributed by atoms with E-state index in [1.807, 2.05) is 30.3 Å². The molecule has 5 rings (SSSR count). The highest BCUT2D eigenvalue weighted by atomic mass is 32.1. The number of carbonyl (C=O) groups excluding carboxylic acids is 1. The average molecular weight is 534 g/mol. The number of nitrogens with one attached hydrogen (secondary N) is 2. The largest absolute Gasteiger partial charge is 0.457 e. The van der Waals surface area contributed by atoms with Crippen LogP contribution in [0.3, 0.4) is 0 Å². The van der Waals surface area contributed by atoms with Gasteiger partial charge in [0.25, 0.3) is 11.5 Å². The third kappa shape index (κ3) is 5.21. The van der Waals surface area contributed by atoms with Crippen molar-refractivity contribution in [3.63, 3.8) is 0 Å². The first-order chi connectivity index (χ1) is 18.2. The summed E-state index contributed by atoms with van der Waals surface area (Å²) in [6.07, 6.45) is -4.57. The van der Waals surface area contributed by atoms with Crippen molar-refractivity contribution in [2.24, 2.45) is 0 Å². The Morgan fingerprint density at radius 2 is 1.58 bits per heavy atom. The molecule has 0 aliphatic carbocycles. The molecule has 190 valence electrons. The van der Waals surface area contributed by atoms with Gasteiger partial charge in [-0.05, 0) is 85.0 Å². The van der Waals surface area contributed by atoms with Crippen molar-refractivity contribution in [2.75, 3.05) is 5.32 Å². The Balaban J connectivity index is 1.39. The summed E-state index contributed by atoms with van der Waals surface area (Å²) in [4.78, 5) is 28.8. The molecule has 0 saturated carbocycles. The number of alkyl halides is 3. The highest BCUT2D eigenvalue weighted by molar-refractivity contribution is 7.71. The molecule has 0 atom stereocenters. The number of benzene rings is 4. The zero-order chi connectivity index (χ0) is 26.9. The normalized spacial score (nSPS) is 11.3. The number of aromatic nitrogens is 2. The number of anilines is 1. The van der Waals surface area contributed by atoms with Gasteiger partial charge >= 0.3 is 6.18 Å². The molecule has 1 amide bonds. The monoisotopic (exact) mass is 533 g/mol. The minimum Gasteiger partial charge on any atom is -0.457 e. The standard InChI is InChI=1S/C28H18F3N3O3S/c29-28(30,31)18-5-4-6-20(16-18)34-26(36)23-14-9-17(15-24(23)33-27(34)38)25(35)32-19-10-12-22(13-11-19)37-21-7-2-1-3-8-21/h1-16H,(H,32,35)(H,33,38). The topological polar surface area (TPSA) is 76.1 Å². The zero-order valence-electron chi connectivity index (χ0n) is 19.5. The molecule has 2 N–H and O–H groups in total. The molecule has 0 spiro atoms. The number of H-pyrrole nitrogens is 1. The van der Waals surface area contributed by atoms with Crippen LogP contribution in [0.2, 0.25) is 0 Å². The number of ether oxygens (including phenoxy) is 1. The summed E-state index contributed by atoms with van der Waals surface area (Å²) in [5.74, 6) is 0.861. The van der Waals surface area contributed by atoms with Gasteiger partial charge < -0.3 is 15.0 Å². The van der Waals surface area contributed by atoms with E-state index in [1.54, 1.807) is 24.3 Å². The number of para-hydroxylation sites is 1. The Hall–Kier alpha value is -4.70. The van der Waals surface area contributed by atoms with Crippen LogP contribution in [0.5, 0.6) is 11.5 Å². The summed E-state index contributed by atoms with van der Waals surface area (Å²) in [5.41, 5.74) is -0.462. The van der Waals surface area contributed by atoms with Crippen LogP contribution < -0.4 is 15.6 Å². The zero-order valence-corrected chi connectivity index (χ0v) is 20.3. The molecule has 6 nitrogen and oxygen atoms in total. The maximum Gasteiger partial charge on any atom is 0.416 e. The lowest BCUT2D eigenvalue weighted by Crippen LogP contribution is -2.21. The Morgan fingerprint density at radius 3 is 2.29 bits per heavy atom. The van der Waals surface area contributed by atoms with Gasteiger partial charge in [0.2, 0.25) is 0 Å². The van der Waals surface area contributed by atoms with Crippen molar-refractivity contribution in [2.45, 2.75) is 6.18 Å². The summed E-state index contributed by atoms with van der Waals surface area (Å²) in [6.45, 7) is 0. The summed E-state index contributed by atoms with van der Waals surface area (Å²) >= 11 is 5.27. The van der Waals surface area contributed by atoms with Gasteiger partial charge in [0.05, 0.1) is 22.2 Å². The molecule has 0 radical (unpaired) electrons. The van der Waals surface area contributed by atoms with Gasteiger partial charge in [-0.2, -0.15) is 13.2 Å². The van der Waals surface area contributed by atoms with E-state index >= 15 is 0 Å². The van der Waals surface area contributed by atoms with Crippen LogP contribution in [0.4, 0.5) is 18.9 Å². The van der Waals surface area contributed by atoms with Crippen LogP contribution in [0.15, 0.2) is 102 Å². The molecular formula is C28H18F3N3O3S. The minimum atomic E-state index is -4.57. The fraction of sp³-hybridized carbons (Fsp3) is 0.0357. The SMILES string of the molecule is O=C(Nc1ccc(Oc2ccccc2)cc1)c1ccc2c(=O)n(-c3cccc(C(F)(F)F)c3)c(=S)[nH]c2c1. The van der Waals surface area contributed by atoms with Crippen LogP contribution in [0.25, 0.3) is 16.6 Å². The predicted octanol–water partition coefficient (Wildman–Crippen LogP) is 7.11. The van der Waals surface area contributed by atoms with Gasteiger partial charge in [0.1, 0.15) is 11.5 Å². The van der Waals surface area contributed by atoms with Gasteiger partial charge in [-0.1, -0.05) is 24.3 Å². The van der Waals surface area contributed by atoms with E-state index < -0.39 is 23.2 Å². The summed E-state index contributed by atoms with van der Waals surface area (Å²) in [7, 11) is 0. The van der Waals surface area contributed by atoms with Crippen molar-refractivity contribution in [1.82, 2.24) is 9.55 Å². The van der Waals surface area contributed by atoms with E-state index in [4.69, 9.17) is 17.0 Å². The lowest BCUT2D eigenvalue weighted by molar-refractivity contribution is -0.137. The van der Waals surface area contributed by atoms with Gasteiger partial charge in [0, 0.05) is 11.3 Å². The fourth-order valence-electron chi connectivity index (χ4n) is 3.85. The number of rotatable bonds is 5. The number of halogens is 3. The van der Waals surface area contributed by atoms with E-state index in [9.17, 15) is 22.8 Å². The van der Waals surface area contributed by atoms with Crippen LogP contribution >= 0.6 is 12.2 Å². The molecule has 0 bridgehead atoms. The first-order valence-electron chi connectivity index (χ1n) is 11.3. The summed E-state index contributed by atoms with van der Waals surface area (Å²) in [6, 6.07) is 24.8. The van der Waals surface area contributed by atoms with Gasteiger partial charge in [0.15, 0.2) is 4.77 Å². The lowest BCUT2D eigenvalue weighted by atomic mass is 10.1. The highest BCUT2D eigenvalue weighted by Gasteiger charge is 2.30. The van der Waals surface area contributed by atoms with E-state index in [0.29, 0.717) is 17.2 Å². The maximum atomic E-state index is 13.2. The Morgan fingerprint density at radius 1 is 0.868 bits per heavy atom. The number of nitrogens with zero attached hydrogens (tertiary/aromatic N) is 1. The third-order valence-corrected chi connectivity index (χ3v) is 5.97. The van der Waals surface area contributed by atoms with E-state index in [-0.39, 0.29) is 26.9 Å². The van der Waals surface area contributed by atoms with Crippen molar-refractivity contribution in [3.05, 3.63) is 123 Å². The molecule has 1 aromatic heterocycles. The number of hydrogen-bond donors (Lipinski definition) is 2. The van der Waals surface area contributed by atoms with Crippen LogP contribution in [0.1, 0.15) is 15.9 Å². The molecular weight excluding hydrogens is 515 g/mol. The molecule has 0 saturated heterocycles. The van der Waals surface area contributed by atoms with Gasteiger partial charge in [-0.25, -0.2) is 0 Å². The molecule has 0 fully saturated rings. The number of aromatic amines is 1. The quantitative estimate of drug-likeness (QED) is 0.236. The second-order valence-electron chi connectivity index (χ2n) is 8.27. The molecule has 0 aliphatic rings. The van der Waals surface area contributed by atoms with Crippen LogP contribution in [-0.4, -0.2) is 15.5 Å². The van der Waals surface area contributed by atoms with Crippen LogP contribution in [0, 0.1) is 4.77 Å². The van der Waals surface area contributed by atoms with Gasteiger partial charge in [-0.3, -0.25) is 14.2 Å². The maximum absolute atomic E-state index is 13.2. The van der Waals surface area contributed by atoms with E-state index in [2.05, 4.69) is 10.3 Å². The van der Waals surface area contributed by atoms with Crippen molar-refractivity contribution in [3.8, 4) is 17.2 Å². The minimum absolute atomic E-state index is 0.0190. The third-order valence-electron chi connectivity index (χ3n) is 5.68. The number of fused-ring (bicyclic) bond motifs is 1.